The van der Waals surface area contributed by atoms with E-state index in [2.05, 4.69) is 0 Å². The summed E-state index contributed by atoms with van der Waals surface area (Å²) in [5.74, 6) is -1.69. The zero-order valence-electron chi connectivity index (χ0n) is 7.69. The largest absolute Gasteiger partial charge is 0.481 e. The first-order valence-electron chi connectivity index (χ1n) is 4.01. The summed E-state index contributed by atoms with van der Waals surface area (Å²) in [6, 6.07) is 0. The summed E-state index contributed by atoms with van der Waals surface area (Å²) in [4.78, 5) is 20.6. The van der Waals surface area contributed by atoms with E-state index in [0.717, 1.165) is 0 Å². The van der Waals surface area contributed by atoms with E-state index >= 15 is 0 Å². The quantitative estimate of drug-likeness (QED) is 0.688. The van der Waals surface area contributed by atoms with E-state index in [0.29, 0.717) is 0 Å². The number of rotatable bonds is 6. The molecule has 0 aliphatic heterocycles. The molecule has 2 N–H and O–H groups in total. The maximum atomic E-state index is 10.3. The van der Waals surface area contributed by atoms with Crippen LogP contribution in [0, 0.1) is 0 Å². The van der Waals surface area contributed by atoms with Gasteiger partial charge in [0.05, 0.1) is 12.8 Å². The van der Waals surface area contributed by atoms with Crippen LogP contribution in [0.3, 0.4) is 0 Å². The van der Waals surface area contributed by atoms with Crippen LogP contribution in [0.25, 0.3) is 0 Å². The third kappa shape index (κ3) is 7.64. The lowest BCUT2D eigenvalue weighted by Crippen LogP contribution is -2.12. The van der Waals surface area contributed by atoms with Crippen molar-refractivity contribution in [2.45, 2.75) is 37.2 Å². The minimum Gasteiger partial charge on any atom is -0.481 e. The molecule has 2 atom stereocenters. The average Bonchev–Trinajstić information content (AvgIpc) is 1.80. The van der Waals surface area contributed by atoms with Crippen molar-refractivity contribution in [3.8, 4) is 0 Å². The molecule has 0 saturated carbocycles. The molecule has 0 aliphatic carbocycles. The molecular formula is C8H14O4S. The number of carbonyl (C=O) groups is 2. The highest BCUT2D eigenvalue weighted by atomic mass is 32.2. The average molecular weight is 206 g/mol. The zero-order valence-corrected chi connectivity index (χ0v) is 8.50. The second kappa shape index (κ2) is 5.85. The summed E-state index contributed by atoms with van der Waals surface area (Å²) in [7, 11) is 0. The molecule has 76 valence electrons. The van der Waals surface area contributed by atoms with Crippen molar-refractivity contribution in [3.05, 3.63) is 0 Å². The molecule has 4 nitrogen and oxygen atoms in total. The predicted octanol–water partition coefficient (Wildman–Crippen LogP) is 1.45. The minimum absolute atomic E-state index is 0.0353. The Labute approximate surface area is 81.3 Å². The molecule has 0 saturated heterocycles. The zero-order chi connectivity index (χ0) is 10.4. The van der Waals surface area contributed by atoms with Crippen LogP contribution < -0.4 is 0 Å². The normalized spacial score (nSPS) is 14.9. The van der Waals surface area contributed by atoms with E-state index in [1.165, 1.54) is 11.8 Å². The Balaban J connectivity index is 3.70. The van der Waals surface area contributed by atoms with Gasteiger partial charge in [0.2, 0.25) is 0 Å². The van der Waals surface area contributed by atoms with Crippen molar-refractivity contribution in [2.75, 3.05) is 0 Å². The van der Waals surface area contributed by atoms with Gasteiger partial charge in [-0.2, -0.15) is 11.8 Å². The second-order valence-corrected chi connectivity index (χ2v) is 4.83. The van der Waals surface area contributed by atoms with Crippen LogP contribution in [0.15, 0.2) is 0 Å². The van der Waals surface area contributed by atoms with Crippen molar-refractivity contribution in [3.63, 3.8) is 0 Å². The Morgan fingerprint density at radius 1 is 1.08 bits per heavy atom. The van der Waals surface area contributed by atoms with E-state index in [9.17, 15) is 9.59 Å². The van der Waals surface area contributed by atoms with Gasteiger partial charge in [-0.25, -0.2) is 0 Å². The highest BCUT2D eigenvalue weighted by molar-refractivity contribution is 8.00. The lowest BCUT2D eigenvalue weighted by molar-refractivity contribution is -0.137. The molecule has 2 unspecified atom stereocenters. The van der Waals surface area contributed by atoms with Crippen molar-refractivity contribution in [2.24, 2.45) is 0 Å². The topological polar surface area (TPSA) is 74.6 Å². The van der Waals surface area contributed by atoms with Crippen LogP contribution in [-0.4, -0.2) is 32.7 Å². The minimum atomic E-state index is -0.845. The molecule has 0 heterocycles. The summed E-state index contributed by atoms with van der Waals surface area (Å²) >= 11 is 1.39. The molecule has 0 bridgehead atoms. The molecule has 0 amide bonds. The fourth-order valence-corrected chi connectivity index (χ4v) is 2.26. The lowest BCUT2D eigenvalue weighted by Gasteiger charge is -2.13. The van der Waals surface area contributed by atoms with E-state index < -0.39 is 11.9 Å². The van der Waals surface area contributed by atoms with Crippen molar-refractivity contribution in [1.82, 2.24) is 0 Å². The van der Waals surface area contributed by atoms with Crippen LogP contribution in [0.5, 0.6) is 0 Å². The van der Waals surface area contributed by atoms with Gasteiger partial charge in [-0.1, -0.05) is 13.8 Å². The monoisotopic (exact) mass is 206 g/mol. The summed E-state index contributed by atoms with van der Waals surface area (Å²) in [6.45, 7) is 3.58. The van der Waals surface area contributed by atoms with Gasteiger partial charge < -0.3 is 10.2 Å². The number of carboxylic acid groups (broad SMARTS) is 2. The Hall–Kier alpha value is -0.710. The Kier molecular flexibility index (Phi) is 5.53. The molecule has 13 heavy (non-hydrogen) atoms. The molecule has 0 aromatic heterocycles. The Morgan fingerprint density at radius 3 is 1.62 bits per heavy atom. The van der Waals surface area contributed by atoms with E-state index in [1.54, 1.807) is 13.8 Å². The number of hydrogen-bond acceptors (Lipinski definition) is 3. The number of carboxylic acids is 2. The molecule has 0 radical (unpaired) electrons. The third-order valence-electron chi connectivity index (χ3n) is 1.39. The fourth-order valence-electron chi connectivity index (χ4n) is 0.985. The van der Waals surface area contributed by atoms with E-state index in [1.807, 2.05) is 0 Å². The predicted molar refractivity (Wildman–Crippen MR) is 51.0 cm³/mol. The second-order valence-electron chi connectivity index (χ2n) is 2.95. The highest BCUT2D eigenvalue weighted by Crippen LogP contribution is 2.22. The van der Waals surface area contributed by atoms with Gasteiger partial charge in [0.1, 0.15) is 0 Å². The standard InChI is InChI=1S/C8H14O4S/c1-5(3-7(9)10)13-6(2)4-8(11)12/h5-6H,3-4H2,1-2H3,(H,9,10)(H,11,12). The van der Waals surface area contributed by atoms with Crippen LogP contribution in [-0.2, 0) is 9.59 Å². The first-order chi connectivity index (χ1) is 5.91. The van der Waals surface area contributed by atoms with Crippen LogP contribution in [0.2, 0.25) is 0 Å². The number of hydrogen-bond donors (Lipinski definition) is 2. The maximum Gasteiger partial charge on any atom is 0.304 e. The van der Waals surface area contributed by atoms with Gasteiger partial charge in [0, 0.05) is 10.5 Å². The summed E-state index contributed by atoms with van der Waals surface area (Å²) in [5.41, 5.74) is 0. The smallest absolute Gasteiger partial charge is 0.304 e. The molecule has 5 heteroatoms. The van der Waals surface area contributed by atoms with Gasteiger partial charge in [-0.3, -0.25) is 9.59 Å². The van der Waals surface area contributed by atoms with E-state index in [4.69, 9.17) is 10.2 Å². The van der Waals surface area contributed by atoms with E-state index in [-0.39, 0.29) is 23.3 Å². The van der Waals surface area contributed by atoms with Gasteiger partial charge in [0.25, 0.3) is 0 Å². The summed E-state index contributed by atoms with van der Waals surface area (Å²) < 4.78 is 0. The lowest BCUT2D eigenvalue weighted by atomic mass is 10.3. The van der Waals surface area contributed by atoms with Crippen molar-refractivity contribution in [1.29, 1.82) is 0 Å². The SMILES string of the molecule is CC(CC(=O)O)SC(C)CC(=O)O. The number of thioether (sulfide) groups is 1. The van der Waals surface area contributed by atoms with Crippen LogP contribution in [0.1, 0.15) is 26.7 Å². The van der Waals surface area contributed by atoms with Gasteiger partial charge in [-0.15, -0.1) is 0 Å². The van der Waals surface area contributed by atoms with Crippen molar-refractivity contribution >= 4 is 23.7 Å². The fraction of sp³-hybridized carbons (Fsp3) is 0.750. The Bertz CT molecular complexity index is 173. The van der Waals surface area contributed by atoms with Crippen LogP contribution in [0.4, 0.5) is 0 Å². The van der Waals surface area contributed by atoms with Gasteiger partial charge >= 0.3 is 11.9 Å². The van der Waals surface area contributed by atoms with Gasteiger partial charge in [0.15, 0.2) is 0 Å². The first-order valence-corrected chi connectivity index (χ1v) is 4.95. The molecule has 0 rings (SSSR count). The summed E-state index contributed by atoms with van der Waals surface area (Å²) in [5, 5.41) is 16.8. The molecule has 0 aliphatic rings. The van der Waals surface area contributed by atoms with Crippen LogP contribution >= 0.6 is 11.8 Å². The van der Waals surface area contributed by atoms with Crippen molar-refractivity contribution < 1.29 is 19.8 Å². The number of aliphatic carboxylic acids is 2. The maximum absolute atomic E-state index is 10.3. The summed E-state index contributed by atoms with van der Waals surface area (Å²) in [6.07, 6.45) is 0.156. The highest BCUT2D eigenvalue weighted by Gasteiger charge is 2.14. The molecule has 0 spiro atoms. The molecule has 0 aromatic rings. The molecule has 0 fully saturated rings. The first kappa shape index (κ1) is 12.3. The third-order valence-corrected chi connectivity index (χ3v) is 2.65. The van der Waals surface area contributed by atoms with Gasteiger partial charge in [-0.05, 0) is 0 Å². The Morgan fingerprint density at radius 2 is 1.38 bits per heavy atom. The molecular weight excluding hydrogens is 192 g/mol. The molecule has 0 aromatic carbocycles.